The maximum Gasteiger partial charge on any atom is 0.358 e. The number of ether oxygens (including phenoxy) is 1. The number of hydrogen-bond acceptors (Lipinski definition) is 6. The van der Waals surface area contributed by atoms with Gasteiger partial charge in [-0.3, -0.25) is 0 Å². The fourth-order valence-corrected chi connectivity index (χ4v) is 1.42. The highest BCUT2D eigenvalue weighted by atomic mass is 16.7. The van der Waals surface area contributed by atoms with Crippen molar-refractivity contribution in [2.24, 2.45) is 5.16 Å². The summed E-state index contributed by atoms with van der Waals surface area (Å²) in [5.74, 6) is -1.92. The van der Waals surface area contributed by atoms with E-state index in [9.17, 15) is 9.59 Å². The molecule has 0 heterocycles. The molecular weight excluding hydrogens is 276 g/mol. The van der Waals surface area contributed by atoms with Gasteiger partial charge < -0.3 is 20.4 Å². The Morgan fingerprint density at radius 2 is 2.00 bits per heavy atom. The van der Waals surface area contributed by atoms with Crippen LogP contribution >= 0.6 is 0 Å². The second kappa shape index (κ2) is 6.74. The lowest BCUT2D eigenvalue weighted by Crippen LogP contribution is -2.26. The minimum Gasteiger partial charge on any atom is -0.476 e. The molecule has 0 aromatic heterocycles. The number of hydrogen-bond donors (Lipinski definition) is 2. The first-order valence-electron chi connectivity index (χ1n) is 6.20. The molecule has 114 valence electrons. The number of carboxylic acids is 1. The number of nitrogens with two attached hydrogens (primary N) is 1. The molecule has 0 bridgehead atoms. The maximum absolute atomic E-state index is 11.4. The largest absolute Gasteiger partial charge is 0.476 e. The molecule has 21 heavy (non-hydrogen) atoms. The second-order valence-electron chi connectivity index (χ2n) is 5.23. The van der Waals surface area contributed by atoms with Crippen LogP contribution in [-0.4, -0.2) is 35.0 Å². The topological polar surface area (TPSA) is 111 Å². The Morgan fingerprint density at radius 1 is 1.33 bits per heavy atom. The summed E-state index contributed by atoms with van der Waals surface area (Å²) >= 11 is 0. The number of benzene rings is 1. The summed E-state index contributed by atoms with van der Waals surface area (Å²) < 4.78 is 5.00. The van der Waals surface area contributed by atoms with Crippen LogP contribution in [0.4, 0.5) is 5.69 Å². The zero-order valence-corrected chi connectivity index (χ0v) is 12.1. The monoisotopic (exact) mass is 294 g/mol. The third-order valence-electron chi connectivity index (χ3n) is 2.12. The van der Waals surface area contributed by atoms with E-state index in [1.165, 1.54) is 12.1 Å². The first-order chi connectivity index (χ1) is 9.69. The lowest BCUT2D eigenvalue weighted by molar-refractivity contribution is -0.160. The summed E-state index contributed by atoms with van der Waals surface area (Å²) in [6, 6.07) is 6.19. The number of carbonyl (C=O) groups excluding carboxylic acids is 1. The number of nitrogen functional groups attached to an aromatic ring is 1. The number of esters is 1. The van der Waals surface area contributed by atoms with Gasteiger partial charge in [0, 0.05) is 11.3 Å². The van der Waals surface area contributed by atoms with Crippen LogP contribution in [0.15, 0.2) is 29.4 Å². The van der Waals surface area contributed by atoms with Gasteiger partial charge in [-0.1, -0.05) is 17.3 Å². The van der Waals surface area contributed by atoms with Gasteiger partial charge in [0.2, 0.25) is 6.61 Å². The van der Waals surface area contributed by atoms with Crippen molar-refractivity contribution in [3.8, 4) is 0 Å². The fourth-order valence-electron chi connectivity index (χ4n) is 1.42. The van der Waals surface area contributed by atoms with E-state index in [0.717, 1.165) is 0 Å². The van der Waals surface area contributed by atoms with Crippen molar-refractivity contribution in [2.75, 3.05) is 12.3 Å². The van der Waals surface area contributed by atoms with E-state index in [-0.39, 0.29) is 11.3 Å². The standard InChI is InChI=1S/C14H18N2O5/c1-14(2,3)21-11(17)8-20-16-12(13(18)19)9-5-4-6-10(15)7-9/h4-7H,8,15H2,1-3H3,(H,18,19)/b16-12-. The van der Waals surface area contributed by atoms with Gasteiger partial charge in [0.05, 0.1) is 0 Å². The van der Waals surface area contributed by atoms with E-state index >= 15 is 0 Å². The number of aliphatic carboxylic acids is 1. The smallest absolute Gasteiger partial charge is 0.358 e. The molecule has 0 aliphatic carbocycles. The molecule has 0 saturated carbocycles. The Bertz CT molecular complexity index is 561. The minimum absolute atomic E-state index is 0.284. The zero-order valence-electron chi connectivity index (χ0n) is 12.1. The van der Waals surface area contributed by atoms with Crippen molar-refractivity contribution in [3.63, 3.8) is 0 Å². The quantitative estimate of drug-likeness (QED) is 0.367. The van der Waals surface area contributed by atoms with Crippen LogP contribution in [-0.2, 0) is 19.2 Å². The summed E-state index contributed by atoms with van der Waals surface area (Å²) in [5, 5.41) is 12.6. The fraction of sp³-hybridized carbons (Fsp3) is 0.357. The van der Waals surface area contributed by atoms with Gasteiger partial charge in [-0.15, -0.1) is 0 Å². The number of rotatable bonds is 5. The molecular formula is C14H18N2O5. The van der Waals surface area contributed by atoms with Gasteiger partial charge in [0.15, 0.2) is 5.71 Å². The Balaban J connectivity index is 2.75. The summed E-state index contributed by atoms with van der Waals surface area (Å²) in [6.45, 7) is 4.66. The average Bonchev–Trinajstić information content (AvgIpc) is 2.31. The zero-order chi connectivity index (χ0) is 16.0. The van der Waals surface area contributed by atoms with Crippen LogP contribution in [0.3, 0.4) is 0 Å². The SMILES string of the molecule is CC(C)(C)OC(=O)CO/N=C(\C(=O)O)c1cccc(N)c1. The molecule has 0 aliphatic rings. The van der Waals surface area contributed by atoms with Crippen molar-refractivity contribution in [1.82, 2.24) is 0 Å². The van der Waals surface area contributed by atoms with E-state index in [2.05, 4.69) is 5.16 Å². The number of carboxylic acid groups (broad SMARTS) is 1. The predicted octanol–water partition coefficient (Wildman–Crippen LogP) is 1.42. The highest BCUT2D eigenvalue weighted by molar-refractivity contribution is 6.42. The lowest BCUT2D eigenvalue weighted by Gasteiger charge is -2.18. The Morgan fingerprint density at radius 3 is 2.52 bits per heavy atom. The van der Waals surface area contributed by atoms with Crippen LogP contribution < -0.4 is 5.73 Å². The Labute approximate surface area is 122 Å². The van der Waals surface area contributed by atoms with Gasteiger partial charge >= 0.3 is 11.9 Å². The molecule has 0 fully saturated rings. The molecule has 0 aliphatic heterocycles. The van der Waals surface area contributed by atoms with Crippen LogP contribution in [0.1, 0.15) is 26.3 Å². The highest BCUT2D eigenvalue weighted by Crippen LogP contribution is 2.09. The molecule has 1 aromatic carbocycles. The van der Waals surface area contributed by atoms with E-state index in [0.29, 0.717) is 5.69 Å². The van der Waals surface area contributed by atoms with Gasteiger partial charge in [-0.05, 0) is 32.9 Å². The normalized spacial score (nSPS) is 11.9. The number of anilines is 1. The average molecular weight is 294 g/mol. The van der Waals surface area contributed by atoms with E-state index in [1.807, 2.05) is 0 Å². The number of carbonyl (C=O) groups is 2. The molecule has 1 rings (SSSR count). The summed E-state index contributed by atoms with van der Waals surface area (Å²) in [6.07, 6.45) is 0. The van der Waals surface area contributed by atoms with E-state index in [4.69, 9.17) is 20.4 Å². The first kappa shape index (κ1) is 16.5. The summed E-state index contributed by atoms with van der Waals surface area (Å²) in [4.78, 5) is 27.3. The van der Waals surface area contributed by atoms with Crippen molar-refractivity contribution < 1.29 is 24.3 Å². The Hall–Kier alpha value is -2.57. The van der Waals surface area contributed by atoms with E-state index < -0.39 is 24.1 Å². The number of nitrogens with zero attached hydrogens (tertiary/aromatic N) is 1. The minimum atomic E-state index is -1.29. The van der Waals surface area contributed by atoms with Crippen LogP contribution in [0.25, 0.3) is 0 Å². The third-order valence-corrected chi connectivity index (χ3v) is 2.12. The molecule has 0 saturated heterocycles. The molecule has 0 amide bonds. The molecule has 0 atom stereocenters. The van der Waals surface area contributed by atoms with Crippen LogP contribution in [0.5, 0.6) is 0 Å². The van der Waals surface area contributed by atoms with Crippen molar-refractivity contribution in [1.29, 1.82) is 0 Å². The first-order valence-corrected chi connectivity index (χ1v) is 6.20. The molecule has 1 aromatic rings. The molecule has 0 spiro atoms. The van der Waals surface area contributed by atoms with Gasteiger partial charge in [-0.25, -0.2) is 9.59 Å². The van der Waals surface area contributed by atoms with Gasteiger partial charge in [0.25, 0.3) is 0 Å². The van der Waals surface area contributed by atoms with Crippen molar-refractivity contribution in [2.45, 2.75) is 26.4 Å². The molecule has 7 nitrogen and oxygen atoms in total. The molecule has 0 unspecified atom stereocenters. The number of oxime groups is 1. The predicted molar refractivity (Wildman–Crippen MR) is 76.8 cm³/mol. The molecule has 3 N–H and O–H groups in total. The van der Waals surface area contributed by atoms with Crippen molar-refractivity contribution >= 4 is 23.3 Å². The van der Waals surface area contributed by atoms with Crippen LogP contribution in [0, 0.1) is 0 Å². The second-order valence-corrected chi connectivity index (χ2v) is 5.23. The van der Waals surface area contributed by atoms with Gasteiger partial charge in [0.1, 0.15) is 5.60 Å². The molecule has 7 heteroatoms. The van der Waals surface area contributed by atoms with Gasteiger partial charge in [-0.2, -0.15) is 0 Å². The maximum atomic E-state index is 11.4. The lowest BCUT2D eigenvalue weighted by atomic mass is 10.1. The summed E-state index contributed by atoms with van der Waals surface area (Å²) in [5.41, 5.74) is 5.27. The van der Waals surface area contributed by atoms with Crippen LogP contribution in [0.2, 0.25) is 0 Å². The third kappa shape index (κ3) is 5.94. The molecule has 0 radical (unpaired) electrons. The van der Waals surface area contributed by atoms with E-state index in [1.54, 1.807) is 32.9 Å². The highest BCUT2D eigenvalue weighted by Gasteiger charge is 2.18. The van der Waals surface area contributed by atoms with Crippen molar-refractivity contribution in [3.05, 3.63) is 29.8 Å². The Kier molecular flexibility index (Phi) is 5.29. The summed E-state index contributed by atoms with van der Waals surface area (Å²) in [7, 11) is 0.